The van der Waals surface area contributed by atoms with E-state index in [4.69, 9.17) is 0 Å². The first-order chi connectivity index (χ1) is 8.85. The van der Waals surface area contributed by atoms with Crippen LogP contribution >= 0.6 is 0 Å². The highest BCUT2D eigenvalue weighted by Crippen LogP contribution is 2.31. The normalized spacial score (nSPS) is 25.0. The van der Waals surface area contributed by atoms with Gasteiger partial charge in [0.05, 0.1) is 6.20 Å². The lowest BCUT2D eigenvalue weighted by Crippen LogP contribution is -2.34. The second kappa shape index (κ2) is 6.93. The van der Waals surface area contributed by atoms with Crippen molar-refractivity contribution in [3.63, 3.8) is 0 Å². The number of aromatic nitrogens is 2. The van der Waals surface area contributed by atoms with Crippen molar-refractivity contribution in [2.24, 2.45) is 0 Å². The maximum Gasteiger partial charge on any atom is 0.0525 e. The molecule has 2 atom stereocenters. The lowest BCUT2D eigenvalue weighted by atomic mass is 9.89. The topological polar surface area (TPSA) is 29.9 Å². The highest BCUT2D eigenvalue weighted by atomic mass is 15.3. The molecule has 0 saturated heterocycles. The van der Waals surface area contributed by atoms with Crippen LogP contribution in [0.1, 0.15) is 63.9 Å². The van der Waals surface area contributed by atoms with Gasteiger partial charge in [0.1, 0.15) is 0 Å². The Morgan fingerprint density at radius 2 is 2.11 bits per heavy atom. The molecule has 0 aromatic carbocycles. The lowest BCUT2D eigenvalue weighted by Gasteiger charge is -2.25. The summed E-state index contributed by atoms with van der Waals surface area (Å²) < 4.78 is 2.10. The van der Waals surface area contributed by atoms with Crippen LogP contribution in [-0.2, 0) is 6.54 Å². The molecule has 0 amide bonds. The first kappa shape index (κ1) is 13.6. The van der Waals surface area contributed by atoms with Crippen LogP contribution in [0.15, 0.2) is 12.4 Å². The monoisotopic (exact) mass is 249 g/mol. The van der Waals surface area contributed by atoms with E-state index in [9.17, 15) is 0 Å². The zero-order valence-corrected chi connectivity index (χ0v) is 11.9. The minimum atomic E-state index is 0.650. The minimum Gasteiger partial charge on any atom is -0.314 e. The molecule has 18 heavy (non-hydrogen) atoms. The van der Waals surface area contributed by atoms with E-state index in [0.717, 1.165) is 19.5 Å². The standard InChI is InChI=1S/C15H27N3/c1-3-10-18-12-13(11-17-18)14-8-6-5-7-9-15(14)16-4-2/h11-12,14-16H,3-10H2,1-2H3. The number of aryl methyl sites for hydroxylation is 1. The number of likely N-dealkylation sites (N-methyl/N-ethyl adjacent to an activating group) is 1. The average Bonchev–Trinajstić information content (AvgIpc) is 2.69. The fourth-order valence-corrected chi connectivity index (χ4v) is 3.14. The molecule has 1 aliphatic carbocycles. The third-order valence-electron chi connectivity index (χ3n) is 4.02. The van der Waals surface area contributed by atoms with E-state index in [-0.39, 0.29) is 0 Å². The van der Waals surface area contributed by atoms with Crippen molar-refractivity contribution >= 4 is 0 Å². The van der Waals surface area contributed by atoms with Gasteiger partial charge in [-0.2, -0.15) is 5.10 Å². The molecular weight excluding hydrogens is 222 g/mol. The molecular formula is C15H27N3. The van der Waals surface area contributed by atoms with Crippen LogP contribution in [0.5, 0.6) is 0 Å². The Kier molecular flexibility index (Phi) is 5.24. The Labute approximate surface area is 111 Å². The van der Waals surface area contributed by atoms with Gasteiger partial charge < -0.3 is 5.32 Å². The first-order valence-electron chi connectivity index (χ1n) is 7.60. The van der Waals surface area contributed by atoms with Gasteiger partial charge >= 0.3 is 0 Å². The van der Waals surface area contributed by atoms with Gasteiger partial charge in [-0.15, -0.1) is 0 Å². The number of rotatable bonds is 5. The smallest absolute Gasteiger partial charge is 0.0525 e. The molecule has 0 bridgehead atoms. The van der Waals surface area contributed by atoms with Crippen LogP contribution in [-0.4, -0.2) is 22.4 Å². The van der Waals surface area contributed by atoms with Crippen LogP contribution < -0.4 is 5.32 Å². The molecule has 1 saturated carbocycles. The van der Waals surface area contributed by atoms with Crippen LogP contribution in [0.3, 0.4) is 0 Å². The second-order valence-corrected chi connectivity index (χ2v) is 5.45. The summed E-state index contributed by atoms with van der Waals surface area (Å²) in [5.41, 5.74) is 1.44. The van der Waals surface area contributed by atoms with Crippen molar-refractivity contribution in [1.82, 2.24) is 15.1 Å². The third-order valence-corrected chi connectivity index (χ3v) is 4.02. The Morgan fingerprint density at radius 1 is 1.28 bits per heavy atom. The van der Waals surface area contributed by atoms with Gasteiger partial charge in [-0.05, 0) is 31.4 Å². The molecule has 1 aliphatic rings. The van der Waals surface area contributed by atoms with Crippen molar-refractivity contribution in [3.8, 4) is 0 Å². The summed E-state index contributed by atoms with van der Waals surface area (Å²) in [6.07, 6.45) is 12.3. The predicted molar refractivity (Wildman–Crippen MR) is 75.8 cm³/mol. The van der Waals surface area contributed by atoms with Gasteiger partial charge in [0, 0.05) is 24.7 Å². The molecule has 0 spiro atoms. The van der Waals surface area contributed by atoms with Gasteiger partial charge in [-0.1, -0.05) is 33.1 Å². The molecule has 1 aromatic heterocycles. The van der Waals surface area contributed by atoms with Gasteiger partial charge in [-0.3, -0.25) is 4.68 Å². The van der Waals surface area contributed by atoms with Gasteiger partial charge in [0.15, 0.2) is 0 Å². The molecule has 3 heteroatoms. The first-order valence-corrected chi connectivity index (χ1v) is 7.60. The van der Waals surface area contributed by atoms with Crippen molar-refractivity contribution < 1.29 is 0 Å². The van der Waals surface area contributed by atoms with Crippen molar-refractivity contribution in [2.45, 2.75) is 70.9 Å². The van der Waals surface area contributed by atoms with E-state index in [1.165, 1.54) is 37.7 Å². The summed E-state index contributed by atoms with van der Waals surface area (Å²) in [6, 6.07) is 0.650. The van der Waals surface area contributed by atoms with Crippen LogP contribution in [0.4, 0.5) is 0 Å². The van der Waals surface area contributed by atoms with E-state index >= 15 is 0 Å². The number of hydrogen-bond acceptors (Lipinski definition) is 2. The molecule has 3 nitrogen and oxygen atoms in total. The molecule has 1 N–H and O–H groups in total. The molecule has 2 unspecified atom stereocenters. The SMILES string of the molecule is CCCn1cc(C2CCCCCC2NCC)cn1. The average molecular weight is 249 g/mol. The maximum absolute atomic E-state index is 4.50. The van der Waals surface area contributed by atoms with Gasteiger partial charge in [0.25, 0.3) is 0 Å². The third kappa shape index (κ3) is 3.35. The molecule has 2 rings (SSSR count). The molecule has 1 heterocycles. The van der Waals surface area contributed by atoms with Crippen molar-refractivity contribution in [3.05, 3.63) is 18.0 Å². The zero-order chi connectivity index (χ0) is 12.8. The summed E-state index contributed by atoms with van der Waals surface area (Å²) in [4.78, 5) is 0. The lowest BCUT2D eigenvalue weighted by molar-refractivity contribution is 0.419. The van der Waals surface area contributed by atoms with E-state index in [1.54, 1.807) is 0 Å². The molecule has 1 aromatic rings. The van der Waals surface area contributed by atoms with E-state index in [2.05, 4.69) is 41.3 Å². The Morgan fingerprint density at radius 3 is 2.89 bits per heavy atom. The number of nitrogens with one attached hydrogen (secondary N) is 1. The summed E-state index contributed by atoms with van der Waals surface area (Å²) in [5.74, 6) is 0.665. The fourth-order valence-electron chi connectivity index (χ4n) is 3.14. The molecule has 0 aliphatic heterocycles. The highest BCUT2D eigenvalue weighted by molar-refractivity contribution is 5.15. The van der Waals surface area contributed by atoms with Crippen LogP contribution in [0.2, 0.25) is 0 Å². The predicted octanol–water partition coefficient (Wildman–Crippen LogP) is 3.32. The maximum atomic E-state index is 4.50. The number of hydrogen-bond donors (Lipinski definition) is 1. The Balaban J connectivity index is 2.09. The van der Waals surface area contributed by atoms with Gasteiger partial charge in [0.2, 0.25) is 0 Å². The van der Waals surface area contributed by atoms with Crippen LogP contribution in [0.25, 0.3) is 0 Å². The molecule has 1 fully saturated rings. The summed E-state index contributed by atoms with van der Waals surface area (Å²) in [7, 11) is 0. The second-order valence-electron chi connectivity index (χ2n) is 5.45. The molecule has 102 valence electrons. The van der Waals surface area contributed by atoms with Crippen molar-refractivity contribution in [2.75, 3.05) is 6.54 Å². The summed E-state index contributed by atoms with van der Waals surface area (Å²) >= 11 is 0. The summed E-state index contributed by atoms with van der Waals surface area (Å²) in [6.45, 7) is 6.53. The van der Waals surface area contributed by atoms with Crippen molar-refractivity contribution in [1.29, 1.82) is 0 Å². The van der Waals surface area contributed by atoms with E-state index < -0.39 is 0 Å². The largest absolute Gasteiger partial charge is 0.314 e. The zero-order valence-electron chi connectivity index (χ0n) is 11.9. The fraction of sp³-hybridized carbons (Fsp3) is 0.800. The Hall–Kier alpha value is -0.830. The highest BCUT2D eigenvalue weighted by Gasteiger charge is 2.25. The van der Waals surface area contributed by atoms with Gasteiger partial charge in [-0.25, -0.2) is 0 Å². The van der Waals surface area contributed by atoms with E-state index in [1.807, 2.05) is 0 Å². The van der Waals surface area contributed by atoms with E-state index in [0.29, 0.717) is 12.0 Å². The summed E-state index contributed by atoms with van der Waals surface area (Å²) in [5, 5.41) is 8.17. The minimum absolute atomic E-state index is 0.650. The quantitative estimate of drug-likeness (QED) is 0.811. The molecule has 0 radical (unpaired) electrons. The van der Waals surface area contributed by atoms with Crippen LogP contribution in [0, 0.1) is 0 Å². The number of nitrogens with zero attached hydrogens (tertiary/aromatic N) is 2. The Bertz CT molecular complexity index is 345.